The number of oxazole rings is 1. The fourth-order valence-corrected chi connectivity index (χ4v) is 2.17. The lowest BCUT2D eigenvalue weighted by molar-refractivity contribution is 0.413. The molecule has 0 spiro atoms. The van der Waals surface area contributed by atoms with Gasteiger partial charge in [0.1, 0.15) is 17.8 Å². The average molecular weight is 299 g/mol. The van der Waals surface area contributed by atoms with Crippen LogP contribution in [0.4, 0.5) is 10.1 Å². The van der Waals surface area contributed by atoms with Crippen LogP contribution < -0.4 is 10.1 Å². The lowest BCUT2D eigenvalue weighted by atomic mass is 10.0. The van der Waals surface area contributed by atoms with Gasteiger partial charge in [-0.15, -0.1) is 0 Å². The third-order valence-electron chi connectivity index (χ3n) is 3.19. The summed E-state index contributed by atoms with van der Waals surface area (Å²) in [6, 6.07) is 6.28. The lowest BCUT2D eigenvalue weighted by Crippen LogP contribution is -2.02. The smallest absolute Gasteiger partial charge is 0.213 e. The third-order valence-corrected chi connectivity index (χ3v) is 3.19. The summed E-state index contributed by atoms with van der Waals surface area (Å²) in [7, 11) is 1.51. The van der Waals surface area contributed by atoms with Gasteiger partial charge in [-0.2, -0.15) is 0 Å². The highest BCUT2D eigenvalue weighted by atomic mass is 19.1. The van der Waals surface area contributed by atoms with Crippen LogP contribution in [-0.2, 0) is 6.54 Å². The normalized spacial score (nSPS) is 10.5. The Labute approximate surface area is 126 Å². The Bertz CT molecular complexity index is 760. The zero-order valence-electron chi connectivity index (χ0n) is 11.9. The van der Waals surface area contributed by atoms with E-state index in [9.17, 15) is 4.39 Å². The summed E-state index contributed by atoms with van der Waals surface area (Å²) in [5.74, 6) is 0.690. The summed E-state index contributed by atoms with van der Waals surface area (Å²) >= 11 is 0. The molecule has 3 rings (SSSR count). The van der Waals surface area contributed by atoms with E-state index in [1.54, 1.807) is 24.7 Å². The van der Waals surface area contributed by atoms with Crippen molar-refractivity contribution in [2.75, 3.05) is 12.4 Å². The summed E-state index contributed by atoms with van der Waals surface area (Å²) in [6.07, 6.45) is 6.48. The van der Waals surface area contributed by atoms with Crippen LogP contribution in [0.2, 0.25) is 0 Å². The van der Waals surface area contributed by atoms with Gasteiger partial charge in [-0.1, -0.05) is 0 Å². The number of aromatic nitrogens is 2. The van der Waals surface area contributed by atoms with E-state index in [4.69, 9.17) is 9.15 Å². The van der Waals surface area contributed by atoms with Crippen molar-refractivity contribution in [1.82, 2.24) is 9.97 Å². The summed E-state index contributed by atoms with van der Waals surface area (Å²) in [5.41, 5.74) is 2.42. The number of rotatable bonds is 5. The summed E-state index contributed by atoms with van der Waals surface area (Å²) in [4.78, 5) is 8.17. The number of halogens is 1. The van der Waals surface area contributed by atoms with Gasteiger partial charge >= 0.3 is 0 Å². The van der Waals surface area contributed by atoms with Gasteiger partial charge in [0.15, 0.2) is 0 Å². The molecule has 0 bridgehead atoms. The molecule has 0 aliphatic heterocycles. The molecular weight excluding hydrogens is 285 g/mol. The molecule has 0 fully saturated rings. The maximum absolute atomic E-state index is 13.4. The van der Waals surface area contributed by atoms with E-state index >= 15 is 0 Å². The first-order chi connectivity index (χ1) is 10.8. The van der Waals surface area contributed by atoms with E-state index in [-0.39, 0.29) is 5.82 Å². The van der Waals surface area contributed by atoms with Gasteiger partial charge in [0.2, 0.25) is 5.89 Å². The predicted octanol–water partition coefficient (Wildman–Crippen LogP) is 3.50. The van der Waals surface area contributed by atoms with Crippen LogP contribution in [-0.4, -0.2) is 17.1 Å². The highest BCUT2D eigenvalue weighted by Gasteiger charge is 2.12. The summed E-state index contributed by atoms with van der Waals surface area (Å²) in [6.45, 7) is 0.426. The van der Waals surface area contributed by atoms with Gasteiger partial charge in [0.05, 0.1) is 31.7 Å². The van der Waals surface area contributed by atoms with Gasteiger partial charge in [-0.3, -0.25) is 4.98 Å². The SMILES string of the molecule is COc1cc(F)ccc1-c1ccncc1NCc1ncco1. The molecule has 112 valence electrons. The number of hydrogen-bond acceptors (Lipinski definition) is 5. The van der Waals surface area contributed by atoms with Crippen LogP contribution >= 0.6 is 0 Å². The van der Waals surface area contributed by atoms with Gasteiger partial charge in [-0.25, -0.2) is 9.37 Å². The number of nitrogens with one attached hydrogen (secondary N) is 1. The molecular formula is C16H14FN3O2. The van der Waals surface area contributed by atoms with Crippen molar-refractivity contribution in [3.05, 3.63) is 60.8 Å². The molecule has 1 aromatic carbocycles. The topological polar surface area (TPSA) is 60.2 Å². The second-order valence-corrected chi connectivity index (χ2v) is 4.55. The van der Waals surface area contributed by atoms with E-state index in [2.05, 4.69) is 15.3 Å². The Kier molecular flexibility index (Phi) is 4.00. The molecule has 0 saturated heterocycles. The molecule has 6 heteroatoms. The van der Waals surface area contributed by atoms with Crippen molar-refractivity contribution in [3.8, 4) is 16.9 Å². The number of anilines is 1. The van der Waals surface area contributed by atoms with Crippen molar-refractivity contribution in [2.24, 2.45) is 0 Å². The molecule has 2 aromatic heterocycles. The fourth-order valence-electron chi connectivity index (χ4n) is 2.17. The second-order valence-electron chi connectivity index (χ2n) is 4.55. The Morgan fingerprint density at radius 2 is 2.14 bits per heavy atom. The van der Waals surface area contributed by atoms with Gasteiger partial charge < -0.3 is 14.5 Å². The number of nitrogens with zero attached hydrogens (tertiary/aromatic N) is 2. The van der Waals surface area contributed by atoms with Crippen LogP contribution in [0, 0.1) is 5.82 Å². The molecule has 0 atom stereocenters. The van der Waals surface area contributed by atoms with Crippen LogP contribution in [0.5, 0.6) is 5.75 Å². The summed E-state index contributed by atoms with van der Waals surface area (Å²) in [5, 5.41) is 3.21. The molecule has 5 nitrogen and oxygen atoms in total. The Morgan fingerprint density at radius 3 is 2.91 bits per heavy atom. The maximum atomic E-state index is 13.4. The molecule has 0 aliphatic rings. The van der Waals surface area contributed by atoms with Gasteiger partial charge in [0, 0.05) is 23.4 Å². The first-order valence-corrected chi connectivity index (χ1v) is 6.68. The molecule has 0 radical (unpaired) electrons. The highest BCUT2D eigenvalue weighted by Crippen LogP contribution is 2.35. The Hall–Kier alpha value is -2.89. The molecule has 0 unspecified atom stereocenters. The fraction of sp³-hybridized carbons (Fsp3) is 0.125. The van der Waals surface area contributed by atoms with Crippen molar-refractivity contribution in [2.45, 2.75) is 6.54 Å². The monoisotopic (exact) mass is 299 g/mol. The molecule has 0 aliphatic carbocycles. The van der Waals surface area contributed by atoms with Crippen LogP contribution in [0.3, 0.4) is 0 Å². The molecule has 1 N–H and O–H groups in total. The minimum Gasteiger partial charge on any atom is -0.496 e. The van der Waals surface area contributed by atoms with E-state index in [1.165, 1.54) is 25.5 Å². The largest absolute Gasteiger partial charge is 0.496 e. The molecule has 2 heterocycles. The average Bonchev–Trinajstić information content (AvgIpc) is 3.06. The standard InChI is InChI=1S/C16H14FN3O2/c1-21-15-8-11(17)2-3-13(15)12-4-5-18-9-14(12)20-10-16-19-6-7-22-16/h2-9,20H,10H2,1H3. The van der Waals surface area contributed by atoms with Crippen LogP contribution in [0.25, 0.3) is 11.1 Å². The molecule has 0 amide bonds. The van der Waals surface area contributed by atoms with Gasteiger partial charge in [0.25, 0.3) is 0 Å². The predicted molar refractivity (Wildman–Crippen MR) is 80.0 cm³/mol. The van der Waals surface area contributed by atoms with Gasteiger partial charge in [-0.05, 0) is 18.2 Å². The minimum absolute atomic E-state index is 0.344. The lowest BCUT2D eigenvalue weighted by Gasteiger charge is -2.13. The van der Waals surface area contributed by atoms with Crippen molar-refractivity contribution in [3.63, 3.8) is 0 Å². The number of methoxy groups -OCH3 is 1. The van der Waals surface area contributed by atoms with Crippen molar-refractivity contribution < 1.29 is 13.5 Å². The second kappa shape index (κ2) is 6.26. The zero-order valence-corrected chi connectivity index (χ0v) is 11.9. The summed E-state index contributed by atoms with van der Waals surface area (Å²) < 4.78 is 23.8. The van der Waals surface area contributed by atoms with E-state index in [0.717, 1.165) is 16.8 Å². The Balaban J connectivity index is 1.94. The maximum Gasteiger partial charge on any atom is 0.213 e. The molecule has 0 saturated carbocycles. The van der Waals surface area contributed by atoms with E-state index in [1.807, 2.05) is 6.07 Å². The first kappa shape index (κ1) is 14.1. The number of benzene rings is 1. The van der Waals surface area contributed by atoms with E-state index < -0.39 is 0 Å². The van der Waals surface area contributed by atoms with Crippen LogP contribution in [0.15, 0.2) is 53.5 Å². The molecule has 22 heavy (non-hydrogen) atoms. The highest BCUT2D eigenvalue weighted by molar-refractivity contribution is 5.81. The van der Waals surface area contributed by atoms with Crippen LogP contribution in [0.1, 0.15) is 5.89 Å². The number of ether oxygens (including phenoxy) is 1. The quantitative estimate of drug-likeness (QED) is 0.781. The zero-order chi connectivity index (χ0) is 15.4. The molecule has 3 aromatic rings. The number of hydrogen-bond donors (Lipinski definition) is 1. The Morgan fingerprint density at radius 1 is 1.23 bits per heavy atom. The number of pyridine rings is 1. The van der Waals surface area contributed by atoms with E-state index in [0.29, 0.717) is 18.2 Å². The third kappa shape index (κ3) is 2.90. The first-order valence-electron chi connectivity index (χ1n) is 6.68. The van der Waals surface area contributed by atoms with Crippen molar-refractivity contribution in [1.29, 1.82) is 0 Å². The minimum atomic E-state index is -0.344. The van der Waals surface area contributed by atoms with Crippen molar-refractivity contribution >= 4 is 5.69 Å².